The minimum Gasteiger partial charge on any atom is -0.298 e. The number of non-ortho nitro benzene ring substituents is 1. The van der Waals surface area contributed by atoms with Crippen molar-refractivity contribution >= 4 is 23.2 Å². The molecule has 0 heterocycles. The van der Waals surface area contributed by atoms with E-state index in [9.17, 15) is 14.9 Å². The van der Waals surface area contributed by atoms with Crippen LogP contribution in [-0.4, -0.2) is 16.5 Å². The Morgan fingerprint density at radius 1 is 1.21 bits per heavy atom. The van der Waals surface area contributed by atoms with Crippen molar-refractivity contribution in [2.75, 3.05) is 5.75 Å². The van der Waals surface area contributed by atoms with Crippen LogP contribution in [0.15, 0.2) is 29.2 Å². The van der Waals surface area contributed by atoms with Gasteiger partial charge in [-0.25, -0.2) is 0 Å². The Hall–Kier alpha value is -1.36. The fraction of sp³-hybridized carbons (Fsp3) is 0.500. The van der Waals surface area contributed by atoms with Crippen LogP contribution >= 0.6 is 11.8 Å². The molecule has 1 aliphatic rings. The number of hydrogen-bond donors (Lipinski definition) is 0. The fourth-order valence-electron chi connectivity index (χ4n) is 2.36. The molecule has 1 saturated carbocycles. The molecule has 1 aliphatic carbocycles. The van der Waals surface area contributed by atoms with E-state index in [1.54, 1.807) is 12.1 Å². The molecular weight excluding hydrogens is 262 g/mol. The number of rotatable bonds is 5. The van der Waals surface area contributed by atoms with Crippen molar-refractivity contribution < 1.29 is 9.72 Å². The Bertz CT molecular complexity index is 452. The van der Waals surface area contributed by atoms with Crippen molar-refractivity contribution in [3.8, 4) is 0 Å². The lowest BCUT2D eigenvalue weighted by Crippen LogP contribution is -2.19. The Morgan fingerprint density at radius 2 is 1.84 bits per heavy atom. The molecular formula is C14H17NO3S. The van der Waals surface area contributed by atoms with E-state index in [-0.39, 0.29) is 11.6 Å². The first-order chi connectivity index (χ1) is 9.16. The number of carbonyl (C=O) groups is 1. The molecule has 1 fully saturated rings. The minimum atomic E-state index is -0.415. The van der Waals surface area contributed by atoms with E-state index < -0.39 is 4.92 Å². The molecule has 0 spiro atoms. The van der Waals surface area contributed by atoms with Crippen LogP contribution in [0.4, 0.5) is 5.69 Å². The van der Waals surface area contributed by atoms with Crippen LogP contribution < -0.4 is 0 Å². The van der Waals surface area contributed by atoms with Gasteiger partial charge in [0.05, 0.1) is 10.7 Å². The maximum atomic E-state index is 12.0. The van der Waals surface area contributed by atoms with Crippen molar-refractivity contribution in [2.24, 2.45) is 5.92 Å². The second-order valence-corrected chi connectivity index (χ2v) is 5.89. The number of carbonyl (C=O) groups excluding carboxylic acids is 1. The maximum absolute atomic E-state index is 12.0. The normalized spacial score (nSPS) is 16.2. The molecule has 0 aromatic heterocycles. The molecule has 19 heavy (non-hydrogen) atoms. The van der Waals surface area contributed by atoms with Gasteiger partial charge in [-0.1, -0.05) is 19.3 Å². The summed E-state index contributed by atoms with van der Waals surface area (Å²) in [4.78, 5) is 23.0. The largest absolute Gasteiger partial charge is 0.298 e. The Balaban J connectivity index is 1.84. The van der Waals surface area contributed by atoms with Gasteiger partial charge < -0.3 is 0 Å². The third-order valence-electron chi connectivity index (χ3n) is 3.49. The minimum absolute atomic E-state index is 0.0861. The van der Waals surface area contributed by atoms with E-state index in [0.29, 0.717) is 11.5 Å². The maximum Gasteiger partial charge on any atom is 0.269 e. The topological polar surface area (TPSA) is 60.2 Å². The van der Waals surface area contributed by atoms with Crippen LogP contribution in [0.1, 0.15) is 32.1 Å². The Morgan fingerprint density at radius 3 is 2.42 bits per heavy atom. The highest BCUT2D eigenvalue weighted by Gasteiger charge is 2.20. The first-order valence-electron chi connectivity index (χ1n) is 6.57. The summed E-state index contributed by atoms with van der Waals surface area (Å²) in [5, 5.41) is 10.5. The zero-order valence-electron chi connectivity index (χ0n) is 10.7. The number of benzene rings is 1. The summed E-state index contributed by atoms with van der Waals surface area (Å²) in [7, 11) is 0. The summed E-state index contributed by atoms with van der Waals surface area (Å²) >= 11 is 1.47. The molecule has 5 heteroatoms. The van der Waals surface area contributed by atoms with Gasteiger partial charge in [0.25, 0.3) is 5.69 Å². The van der Waals surface area contributed by atoms with Crippen molar-refractivity contribution in [3.63, 3.8) is 0 Å². The summed E-state index contributed by atoms with van der Waals surface area (Å²) in [6, 6.07) is 6.37. The highest BCUT2D eigenvalue weighted by molar-refractivity contribution is 8.00. The third kappa shape index (κ3) is 4.06. The molecule has 1 aromatic carbocycles. The van der Waals surface area contributed by atoms with Crippen molar-refractivity contribution in [1.82, 2.24) is 0 Å². The standard InChI is InChI=1S/C14H17NO3S/c16-14(11-4-2-1-3-5-11)10-19-13-8-6-12(7-9-13)15(17)18/h6-9,11H,1-5,10H2. The van der Waals surface area contributed by atoms with Crippen LogP contribution in [0, 0.1) is 16.0 Å². The van der Waals surface area contributed by atoms with Gasteiger partial charge >= 0.3 is 0 Å². The average molecular weight is 279 g/mol. The average Bonchev–Trinajstić information content (AvgIpc) is 2.46. The summed E-state index contributed by atoms with van der Waals surface area (Å²) in [6.45, 7) is 0. The van der Waals surface area contributed by atoms with Crippen LogP contribution in [0.2, 0.25) is 0 Å². The molecule has 102 valence electrons. The zero-order chi connectivity index (χ0) is 13.7. The number of ketones is 1. The van der Waals surface area contributed by atoms with Crippen molar-refractivity contribution in [3.05, 3.63) is 34.4 Å². The molecule has 0 radical (unpaired) electrons. The number of nitrogens with zero attached hydrogens (tertiary/aromatic N) is 1. The van der Waals surface area contributed by atoms with Gasteiger partial charge in [0.15, 0.2) is 0 Å². The number of nitro groups is 1. The van der Waals surface area contributed by atoms with Gasteiger partial charge in [-0.15, -0.1) is 11.8 Å². The molecule has 0 atom stereocenters. The van der Waals surface area contributed by atoms with Crippen LogP contribution in [0.3, 0.4) is 0 Å². The molecule has 0 bridgehead atoms. The van der Waals surface area contributed by atoms with Crippen LogP contribution in [-0.2, 0) is 4.79 Å². The van der Waals surface area contributed by atoms with Crippen molar-refractivity contribution in [2.45, 2.75) is 37.0 Å². The predicted molar refractivity (Wildman–Crippen MR) is 75.4 cm³/mol. The smallest absolute Gasteiger partial charge is 0.269 e. The fourth-order valence-corrected chi connectivity index (χ4v) is 3.23. The summed E-state index contributed by atoms with van der Waals surface area (Å²) in [5.74, 6) is 1.03. The van der Waals surface area contributed by atoms with Gasteiger partial charge in [0.2, 0.25) is 0 Å². The molecule has 0 saturated heterocycles. The number of hydrogen-bond acceptors (Lipinski definition) is 4. The lowest BCUT2D eigenvalue weighted by molar-refractivity contribution is -0.384. The van der Waals surface area contributed by atoms with E-state index in [0.717, 1.165) is 17.7 Å². The van der Waals surface area contributed by atoms with E-state index in [1.807, 2.05) is 0 Å². The first-order valence-corrected chi connectivity index (χ1v) is 7.55. The molecule has 0 amide bonds. The third-order valence-corrected chi connectivity index (χ3v) is 4.52. The van der Waals surface area contributed by atoms with Gasteiger partial charge in [-0.3, -0.25) is 14.9 Å². The van der Waals surface area contributed by atoms with Crippen molar-refractivity contribution in [1.29, 1.82) is 0 Å². The lowest BCUT2D eigenvalue weighted by Gasteiger charge is -2.19. The van der Waals surface area contributed by atoms with E-state index in [1.165, 1.54) is 43.2 Å². The summed E-state index contributed by atoms with van der Waals surface area (Å²) in [5.41, 5.74) is 0.0861. The van der Waals surface area contributed by atoms with Gasteiger partial charge in [-0.2, -0.15) is 0 Å². The monoisotopic (exact) mass is 279 g/mol. The highest BCUT2D eigenvalue weighted by atomic mass is 32.2. The SMILES string of the molecule is O=C(CSc1ccc([N+](=O)[O-])cc1)C1CCCCC1. The van der Waals surface area contributed by atoms with E-state index in [4.69, 9.17) is 0 Å². The van der Waals surface area contributed by atoms with Gasteiger partial charge in [-0.05, 0) is 25.0 Å². The van der Waals surface area contributed by atoms with Crippen LogP contribution in [0.25, 0.3) is 0 Å². The molecule has 0 unspecified atom stereocenters. The quantitative estimate of drug-likeness (QED) is 0.467. The predicted octanol–water partition coefficient (Wildman–Crippen LogP) is 3.84. The van der Waals surface area contributed by atoms with Gasteiger partial charge in [0.1, 0.15) is 5.78 Å². The second-order valence-electron chi connectivity index (χ2n) is 4.84. The summed E-state index contributed by atoms with van der Waals surface area (Å²) < 4.78 is 0. The lowest BCUT2D eigenvalue weighted by atomic mass is 9.87. The summed E-state index contributed by atoms with van der Waals surface area (Å²) in [6.07, 6.45) is 5.63. The second kappa shape index (κ2) is 6.70. The van der Waals surface area contributed by atoms with E-state index >= 15 is 0 Å². The first kappa shape index (κ1) is 14.1. The number of thioether (sulfide) groups is 1. The molecule has 4 nitrogen and oxygen atoms in total. The Labute approximate surface area is 116 Å². The Kier molecular flexibility index (Phi) is 4.96. The molecule has 1 aromatic rings. The van der Waals surface area contributed by atoms with Crippen LogP contribution in [0.5, 0.6) is 0 Å². The van der Waals surface area contributed by atoms with E-state index in [2.05, 4.69) is 0 Å². The number of nitro benzene ring substituents is 1. The number of Topliss-reactive ketones (excluding diaryl/α,β-unsaturated/α-hetero) is 1. The molecule has 2 rings (SSSR count). The molecule has 0 aliphatic heterocycles. The highest BCUT2D eigenvalue weighted by Crippen LogP contribution is 2.27. The molecule has 0 N–H and O–H groups in total. The zero-order valence-corrected chi connectivity index (χ0v) is 11.5. The van der Waals surface area contributed by atoms with Gasteiger partial charge in [0, 0.05) is 22.9 Å².